The first-order valence-electron chi connectivity index (χ1n) is 12.9. The summed E-state index contributed by atoms with van der Waals surface area (Å²) in [5.41, 5.74) is 2.69. The first kappa shape index (κ1) is 26.4. The van der Waals surface area contributed by atoms with Crippen LogP contribution >= 0.6 is 15.9 Å². The zero-order valence-electron chi connectivity index (χ0n) is 21.4. The number of anilines is 2. The Balaban J connectivity index is 1.41. The topological polar surface area (TPSA) is 130 Å². The smallest absolute Gasteiger partial charge is 0.294 e. The highest BCUT2D eigenvalue weighted by Crippen LogP contribution is 2.35. The molecule has 12 heteroatoms. The van der Waals surface area contributed by atoms with E-state index in [0.29, 0.717) is 42.6 Å². The van der Waals surface area contributed by atoms with Gasteiger partial charge in [0.25, 0.3) is 17.5 Å². The van der Waals surface area contributed by atoms with E-state index in [1.165, 1.54) is 6.07 Å². The van der Waals surface area contributed by atoms with Crippen LogP contribution in [-0.4, -0.2) is 82.5 Å². The Hall–Kier alpha value is -3.25. The maximum atomic E-state index is 13.7. The summed E-state index contributed by atoms with van der Waals surface area (Å²) >= 11 is 3.34. The van der Waals surface area contributed by atoms with Crippen LogP contribution in [-0.2, 0) is 11.2 Å². The molecular formula is C26H31BrN6O5. The van der Waals surface area contributed by atoms with Crippen molar-refractivity contribution in [1.82, 2.24) is 14.8 Å². The molecule has 2 fully saturated rings. The second kappa shape index (κ2) is 10.9. The minimum atomic E-state index is -0.480. The van der Waals surface area contributed by atoms with E-state index in [-0.39, 0.29) is 47.0 Å². The summed E-state index contributed by atoms with van der Waals surface area (Å²) in [7, 11) is 0. The standard InChI is InChI=1S/C26H31BrN6O5/c1-15-12-32(13-16(2)38-15)25(34)20-8-17(27)9-23(33(36)37)24(20)30-18-4-3-7-31(14-18)26(35)21-10-28-11-22-19(21)5-6-29-22/h8-11,15-16,18,29-30H,3-7,12-14H2,1-2H3/t15-,16+,18-/m1/s1. The average Bonchev–Trinajstić information content (AvgIpc) is 3.37. The Morgan fingerprint density at radius 3 is 2.61 bits per heavy atom. The van der Waals surface area contributed by atoms with E-state index in [0.717, 1.165) is 30.6 Å². The lowest BCUT2D eigenvalue weighted by Crippen LogP contribution is -2.48. The van der Waals surface area contributed by atoms with Crippen molar-refractivity contribution >= 4 is 44.8 Å². The van der Waals surface area contributed by atoms with Gasteiger partial charge in [-0.3, -0.25) is 24.7 Å². The molecule has 0 radical (unpaired) electrons. The monoisotopic (exact) mass is 586 g/mol. The number of rotatable bonds is 5. The number of nitrogens with one attached hydrogen (secondary N) is 2. The number of carbonyl (C=O) groups is 2. The van der Waals surface area contributed by atoms with Crippen LogP contribution in [0.2, 0.25) is 0 Å². The van der Waals surface area contributed by atoms with Crippen LogP contribution in [0.15, 0.2) is 29.0 Å². The van der Waals surface area contributed by atoms with Gasteiger partial charge in [0.05, 0.1) is 40.1 Å². The normalized spacial score (nSPS) is 23.0. The van der Waals surface area contributed by atoms with E-state index in [2.05, 4.69) is 31.5 Å². The first-order chi connectivity index (χ1) is 18.2. The summed E-state index contributed by atoms with van der Waals surface area (Å²) in [6.45, 7) is 6.34. The molecular weight excluding hydrogens is 556 g/mol. The Labute approximate surface area is 229 Å². The van der Waals surface area contributed by atoms with Gasteiger partial charge in [0.1, 0.15) is 5.69 Å². The van der Waals surface area contributed by atoms with Crippen molar-refractivity contribution in [2.24, 2.45) is 0 Å². The molecule has 1 aromatic heterocycles. The van der Waals surface area contributed by atoms with Crippen molar-refractivity contribution in [2.75, 3.05) is 43.4 Å². The molecule has 0 aliphatic carbocycles. The zero-order chi connectivity index (χ0) is 27.0. The largest absolute Gasteiger partial charge is 0.383 e. The van der Waals surface area contributed by atoms with Crippen LogP contribution < -0.4 is 10.6 Å². The molecule has 3 aliphatic rings. The number of nitrogens with zero attached hydrogens (tertiary/aromatic N) is 4. The van der Waals surface area contributed by atoms with Crippen molar-refractivity contribution in [3.8, 4) is 0 Å². The first-order valence-corrected chi connectivity index (χ1v) is 13.7. The number of hydrogen-bond donors (Lipinski definition) is 2. The van der Waals surface area contributed by atoms with E-state index in [1.807, 2.05) is 13.8 Å². The Morgan fingerprint density at radius 1 is 1.13 bits per heavy atom. The number of pyridine rings is 1. The van der Waals surface area contributed by atoms with Gasteiger partial charge in [-0.2, -0.15) is 0 Å². The highest BCUT2D eigenvalue weighted by molar-refractivity contribution is 9.10. The van der Waals surface area contributed by atoms with E-state index in [9.17, 15) is 19.7 Å². The number of morpholine rings is 1. The van der Waals surface area contributed by atoms with Gasteiger partial charge in [0.2, 0.25) is 0 Å². The fourth-order valence-electron chi connectivity index (χ4n) is 5.64. The predicted molar refractivity (Wildman–Crippen MR) is 146 cm³/mol. The van der Waals surface area contributed by atoms with Gasteiger partial charge >= 0.3 is 0 Å². The van der Waals surface area contributed by atoms with E-state index in [4.69, 9.17) is 4.74 Å². The second-order valence-corrected chi connectivity index (χ2v) is 11.1. The van der Waals surface area contributed by atoms with Gasteiger partial charge < -0.3 is 25.2 Å². The molecule has 5 rings (SSSR count). The number of ether oxygens (including phenoxy) is 1. The highest BCUT2D eigenvalue weighted by atomic mass is 79.9. The van der Waals surface area contributed by atoms with Gasteiger partial charge in [0, 0.05) is 55.5 Å². The Kier molecular flexibility index (Phi) is 7.53. The van der Waals surface area contributed by atoms with E-state index >= 15 is 0 Å². The van der Waals surface area contributed by atoms with Crippen molar-refractivity contribution in [1.29, 1.82) is 0 Å². The zero-order valence-corrected chi connectivity index (χ0v) is 23.0. The van der Waals surface area contributed by atoms with Crippen LogP contribution in [0.1, 0.15) is 53.0 Å². The molecule has 4 heterocycles. The lowest BCUT2D eigenvalue weighted by molar-refractivity contribution is -0.384. The summed E-state index contributed by atoms with van der Waals surface area (Å²) in [5.74, 6) is -0.386. The van der Waals surface area contributed by atoms with E-state index < -0.39 is 4.92 Å². The lowest BCUT2D eigenvalue weighted by Gasteiger charge is -2.36. The van der Waals surface area contributed by atoms with Crippen LogP contribution in [0.4, 0.5) is 17.1 Å². The number of likely N-dealkylation sites (tertiary alicyclic amines) is 1. The number of hydrogen-bond acceptors (Lipinski definition) is 8. The minimum absolute atomic E-state index is 0.0950. The third kappa shape index (κ3) is 5.32. The van der Waals surface area contributed by atoms with Gasteiger partial charge in [-0.05, 0) is 44.7 Å². The van der Waals surface area contributed by atoms with Gasteiger partial charge in [-0.1, -0.05) is 15.9 Å². The second-order valence-electron chi connectivity index (χ2n) is 10.2. The maximum absolute atomic E-state index is 13.7. The molecule has 0 bridgehead atoms. The molecule has 38 heavy (non-hydrogen) atoms. The molecule has 3 aliphatic heterocycles. The summed E-state index contributed by atoms with van der Waals surface area (Å²) in [6.07, 6.45) is 5.29. The van der Waals surface area contributed by atoms with Crippen LogP contribution in [0.25, 0.3) is 0 Å². The molecule has 202 valence electrons. The van der Waals surface area contributed by atoms with Crippen molar-refractivity contribution in [3.63, 3.8) is 0 Å². The molecule has 2 aromatic rings. The number of carbonyl (C=O) groups excluding carboxylic acids is 2. The van der Waals surface area contributed by atoms with Gasteiger partial charge in [-0.15, -0.1) is 0 Å². The number of nitro benzene ring substituents is 1. The number of amides is 2. The maximum Gasteiger partial charge on any atom is 0.294 e. The minimum Gasteiger partial charge on any atom is -0.383 e. The van der Waals surface area contributed by atoms with Crippen LogP contribution in [0.5, 0.6) is 0 Å². The number of piperidine rings is 1. The molecule has 2 N–H and O–H groups in total. The number of aromatic nitrogens is 1. The third-order valence-corrected chi connectivity index (χ3v) is 7.71. The summed E-state index contributed by atoms with van der Waals surface area (Å²) in [4.78, 5) is 46.4. The number of halogens is 1. The molecule has 0 spiro atoms. The number of nitro groups is 1. The summed E-state index contributed by atoms with van der Waals surface area (Å²) < 4.78 is 6.22. The molecule has 1 aromatic carbocycles. The third-order valence-electron chi connectivity index (χ3n) is 7.25. The molecule has 11 nitrogen and oxygen atoms in total. The molecule has 3 atom stereocenters. The van der Waals surface area contributed by atoms with E-state index in [1.54, 1.807) is 28.3 Å². The van der Waals surface area contributed by atoms with Gasteiger partial charge in [-0.25, -0.2) is 0 Å². The van der Waals surface area contributed by atoms with Crippen molar-refractivity contribution in [3.05, 3.63) is 55.8 Å². The number of benzene rings is 1. The molecule has 0 saturated carbocycles. The lowest BCUT2D eigenvalue weighted by atomic mass is 10.0. The quantitative estimate of drug-likeness (QED) is 0.401. The fourth-order valence-corrected chi connectivity index (χ4v) is 6.09. The fraction of sp³-hybridized carbons (Fsp3) is 0.500. The number of fused-ring (bicyclic) bond motifs is 1. The molecule has 2 saturated heterocycles. The van der Waals surface area contributed by atoms with Gasteiger partial charge in [0.15, 0.2) is 0 Å². The summed E-state index contributed by atoms with van der Waals surface area (Å²) in [6, 6.07) is 2.77. The predicted octanol–water partition coefficient (Wildman–Crippen LogP) is 3.69. The van der Waals surface area contributed by atoms with Crippen molar-refractivity contribution in [2.45, 2.75) is 51.4 Å². The average molecular weight is 587 g/mol. The van der Waals surface area contributed by atoms with Crippen LogP contribution in [0, 0.1) is 10.1 Å². The molecule has 0 unspecified atom stereocenters. The van der Waals surface area contributed by atoms with Crippen molar-refractivity contribution < 1.29 is 19.2 Å². The summed E-state index contributed by atoms with van der Waals surface area (Å²) in [5, 5.41) is 18.6. The van der Waals surface area contributed by atoms with Crippen LogP contribution in [0.3, 0.4) is 0 Å². The SMILES string of the molecule is C[C@@H]1CN(C(=O)c2cc(Br)cc([N+](=O)[O-])c2N[C@@H]2CCCN(C(=O)c3cncc4c3CCN4)C2)C[C@H](C)O1. The Bertz CT molecular complexity index is 1260. The molecule has 2 amide bonds. The highest BCUT2D eigenvalue weighted by Gasteiger charge is 2.34. The Morgan fingerprint density at radius 2 is 1.87 bits per heavy atom.